The summed E-state index contributed by atoms with van der Waals surface area (Å²) in [4.78, 5) is 58.2. The number of hydrogen-bond acceptors (Lipinski definition) is 11. The Morgan fingerprint density at radius 1 is 0.764 bits per heavy atom. The molecule has 0 spiro atoms. The molecule has 2 aromatic heterocycles. The Kier molecular flexibility index (Phi) is 14.9. The van der Waals surface area contributed by atoms with Crippen LogP contribution in [0.3, 0.4) is 0 Å². The lowest BCUT2D eigenvalue weighted by atomic mass is 10.0. The topological polar surface area (TPSA) is 201 Å². The number of aromatic hydroxyl groups is 1. The molecule has 16 heteroatoms. The van der Waals surface area contributed by atoms with Crippen LogP contribution < -0.4 is 29.3 Å². The molecular formula is C56H47N7O9. The summed E-state index contributed by atoms with van der Waals surface area (Å²) in [5.41, 5.74) is 5.65. The molecule has 0 atom stereocenters. The highest BCUT2D eigenvalue weighted by Gasteiger charge is 2.24. The van der Waals surface area contributed by atoms with Crippen LogP contribution in [0.5, 0.6) is 23.0 Å². The lowest BCUT2D eigenvalue weighted by Gasteiger charge is -2.22. The minimum atomic E-state index is -0.682. The number of aryl methyl sites for hydroxylation is 1. The van der Waals surface area contributed by atoms with Crippen LogP contribution in [0.4, 0.5) is 26.7 Å². The van der Waals surface area contributed by atoms with Gasteiger partial charge in [0.2, 0.25) is 0 Å². The van der Waals surface area contributed by atoms with Gasteiger partial charge in [0.25, 0.3) is 5.91 Å². The lowest BCUT2D eigenvalue weighted by Crippen LogP contribution is -2.33. The predicted octanol–water partition coefficient (Wildman–Crippen LogP) is 11.3. The van der Waals surface area contributed by atoms with E-state index in [1.54, 1.807) is 90.4 Å². The zero-order chi connectivity index (χ0) is 50.7. The summed E-state index contributed by atoms with van der Waals surface area (Å²) in [6.45, 7) is 4.15. The summed E-state index contributed by atoms with van der Waals surface area (Å²) in [6.07, 6.45) is 0.577. The third-order valence-electron chi connectivity index (χ3n) is 11.3. The number of ether oxygens (including phenoxy) is 4. The number of H-pyrrole nitrogens is 1. The molecule has 0 fully saturated rings. The zero-order valence-corrected chi connectivity index (χ0v) is 39.5. The number of nitriles is 1. The average Bonchev–Trinajstić information content (AvgIpc) is 3.96. The average molecular weight is 962 g/mol. The van der Waals surface area contributed by atoms with Crippen molar-refractivity contribution >= 4 is 57.5 Å². The van der Waals surface area contributed by atoms with Crippen LogP contribution in [0.1, 0.15) is 44.3 Å². The highest BCUT2D eigenvalue weighted by atomic mass is 16.6. The summed E-state index contributed by atoms with van der Waals surface area (Å²) in [5.74, 6) is 0.636. The van der Waals surface area contributed by atoms with Crippen molar-refractivity contribution in [1.82, 2.24) is 14.6 Å². The summed E-state index contributed by atoms with van der Waals surface area (Å²) >= 11 is 0. The van der Waals surface area contributed by atoms with Gasteiger partial charge in [0.1, 0.15) is 34.6 Å². The van der Waals surface area contributed by atoms with Crippen LogP contribution in [0, 0.1) is 18.3 Å². The number of amides is 3. The van der Waals surface area contributed by atoms with Crippen molar-refractivity contribution in [3.8, 4) is 40.5 Å². The van der Waals surface area contributed by atoms with Crippen LogP contribution in [0.15, 0.2) is 170 Å². The second-order valence-electron chi connectivity index (χ2n) is 16.0. The van der Waals surface area contributed by atoms with Crippen molar-refractivity contribution in [3.63, 3.8) is 0 Å². The van der Waals surface area contributed by atoms with Crippen molar-refractivity contribution in [2.45, 2.75) is 20.4 Å². The Labute approximate surface area is 413 Å². The molecule has 0 aliphatic carbocycles. The molecule has 0 saturated heterocycles. The number of hydrogen-bond donors (Lipinski definition) is 3. The van der Waals surface area contributed by atoms with E-state index in [9.17, 15) is 29.5 Å². The van der Waals surface area contributed by atoms with E-state index in [2.05, 4.69) is 21.5 Å². The SMILES string of the molecule is CCOC(=O)c1ccc(OC(=O)N(C)c2cccc3c(O)c(C(=O)Nc4ccccc4OC)ccc23)cc1.Cc1ccc(-c2nc3c(C#N)c(CN(C(=O)Oc4ccccc4)c4ccccc4)cn3[nH]2)cc1. The molecule has 360 valence electrons. The van der Waals surface area contributed by atoms with E-state index < -0.39 is 24.1 Å². The molecule has 7 aromatic carbocycles. The van der Waals surface area contributed by atoms with Crippen LogP contribution in [0.25, 0.3) is 27.8 Å². The molecule has 9 aromatic rings. The van der Waals surface area contributed by atoms with E-state index >= 15 is 0 Å². The maximum absolute atomic E-state index is 13.1. The van der Waals surface area contributed by atoms with Crippen LogP contribution in [-0.4, -0.2) is 64.5 Å². The van der Waals surface area contributed by atoms with Crippen LogP contribution in [0.2, 0.25) is 0 Å². The smallest absolute Gasteiger partial charge is 0.420 e. The molecule has 0 bridgehead atoms. The molecule has 3 N–H and O–H groups in total. The quantitative estimate of drug-likeness (QED) is 0.0984. The van der Waals surface area contributed by atoms with Crippen molar-refractivity contribution < 1.29 is 43.2 Å². The van der Waals surface area contributed by atoms with Crippen molar-refractivity contribution in [2.24, 2.45) is 0 Å². The number of anilines is 3. The van der Waals surface area contributed by atoms with Gasteiger partial charge in [-0.2, -0.15) is 5.26 Å². The Morgan fingerprint density at radius 3 is 2.12 bits per heavy atom. The van der Waals surface area contributed by atoms with E-state index in [-0.39, 0.29) is 30.2 Å². The Balaban J connectivity index is 0.000000194. The van der Waals surface area contributed by atoms with E-state index in [0.717, 1.165) is 11.1 Å². The Bertz CT molecular complexity index is 3440. The van der Waals surface area contributed by atoms with Crippen molar-refractivity contribution in [1.29, 1.82) is 5.26 Å². The van der Waals surface area contributed by atoms with Gasteiger partial charge in [0.05, 0.1) is 42.8 Å². The summed E-state index contributed by atoms with van der Waals surface area (Å²) in [5, 5.41) is 27.8. The second-order valence-corrected chi connectivity index (χ2v) is 16.0. The van der Waals surface area contributed by atoms with Gasteiger partial charge < -0.3 is 29.4 Å². The van der Waals surface area contributed by atoms with Crippen molar-refractivity contribution in [3.05, 3.63) is 198 Å². The molecule has 0 unspecified atom stereocenters. The lowest BCUT2D eigenvalue weighted by molar-refractivity contribution is 0.0526. The van der Waals surface area contributed by atoms with Gasteiger partial charge in [-0.05, 0) is 86.6 Å². The molecule has 0 saturated carbocycles. The van der Waals surface area contributed by atoms with Gasteiger partial charge in [-0.25, -0.2) is 23.9 Å². The van der Waals surface area contributed by atoms with Gasteiger partial charge in [-0.3, -0.25) is 19.7 Å². The number of aromatic nitrogens is 3. The molecule has 9 rings (SSSR count). The van der Waals surface area contributed by atoms with Gasteiger partial charge >= 0.3 is 18.2 Å². The zero-order valence-electron chi connectivity index (χ0n) is 39.5. The maximum atomic E-state index is 13.1. The third kappa shape index (κ3) is 10.9. The molecule has 16 nitrogen and oxygen atoms in total. The number of esters is 1. The van der Waals surface area contributed by atoms with E-state index in [1.807, 2.05) is 67.6 Å². The van der Waals surface area contributed by atoms with Crippen molar-refractivity contribution in [2.75, 3.05) is 35.9 Å². The minimum Gasteiger partial charge on any atom is -0.506 e. The molecule has 0 radical (unpaired) electrons. The van der Waals surface area contributed by atoms with Crippen LogP contribution >= 0.6 is 0 Å². The molecule has 0 aliphatic heterocycles. The number of aromatic amines is 1. The monoisotopic (exact) mass is 961 g/mol. The normalized spacial score (nSPS) is 10.6. The Morgan fingerprint density at radius 2 is 1.43 bits per heavy atom. The first kappa shape index (κ1) is 48.6. The highest BCUT2D eigenvalue weighted by molar-refractivity contribution is 6.12. The molecule has 3 amide bonds. The van der Waals surface area contributed by atoms with Gasteiger partial charge in [-0.15, -0.1) is 0 Å². The first-order chi connectivity index (χ1) is 35.0. The van der Waals surface area contributed by atoms with Gasteiger partial charge in [0, 0.05) is 40.8 Å². The fraction of sp³-hybridized carbons (Fsp3) is 0.107. The molecular weight excluding hydrogens is 915 g/mol. The van der Waals surface area contributed by atoms with E-state index in [1.165, 1.54) is 54.3 Å². The fourth-order valence-electron chi connectivity index (χ4n) is 7.63. The number of carbonyl (C=O) groups excluding carboxylic acids is 4. The van der Waals surface area contributed by atoms with Gasteiger partial charge in [0.15, 0.2) is 11.5 Å². The number of nitrogens with zero attached hydrogens (tertiary/aromatic N) is 5. The number of rotatable bonds is 12. The first-order valence-corrected chi connectivity index (χ1v) is 22.5. The fourth-order valence-corrected chi connectivity index (χ4v) is 7.63. The van der Waals surface area contributed by atoms with E-state index in [4.69, 9.17) is 18.9 Å². The number of nitrogens with one attached hydrogen (secondary N) is 2. The number of para-hydroxylation sites is 4. The minimum absolute atomic E-state index is 0.0625. The second kappa shape index (κ2) is 22.0. The maximum Gasteiger partial charge on any atom is 0.420 e. The highest BCUT2D eigenvalue weighted by Crippen LogP contribution is 2.36. The number of phenols is 1. The molecule has 0 aliphatic rings. The van der Waals surface area contributed by atoms with Gasteiger partial charge in [-0.1, -0.05) is 96.6 Å². The largest absolute Gasteiger partial charge is 0.506 e. The molecule has 72 heavy (non-hydrogen) atoms. The summed E-state index contributed by atoms with van der Waals surface area (Å²) < 4.78 is 23.0. The number of fused-ring (bicyclic) bond motifs is 2. The molecule has 2 heterocycles. The number of phenolic OH excluding ortho intramolecular Hbond substituents is 1. The number of methoxy groups -OCH3 is 1. The summed E-state index contributed by atoms with van der Waals surface area (Å²) in [7, 11) is 3.03. The number of benzene rings is 7. The third-order valence-corrected chi connectivity index (χ3v) is 11.3. The standard InChI is InChI=1S/C29H26N2O7.C27H21N5O2/c1-4-37-28(34)18-12-14-19(15-13-18)38-29(35)31(2)24-10-7-8-21-20(24)16-17-22(26(21)32)27(33)30-23-9-5-6-11-25(23)36-3;1-19-12-14-20(15-13-19)25-29-26-24(16-28)21(18-32(26)30-25)17-31(22-8-4-2-5-9-22)27(33)34-23-10-6-3-7-11-23/h5-17,32H,4H2,1-3H3,(H,30,33);2-15,18H,17H2,1H3,(H,29,30). The Hall–Kier alpha value is -9.88. The predicted molar refractivity (Wildman–Crippen MR) is 273 cm³/mol. The van der Waals surface area contributed by atoms with E-state index in [0.29, 0.717) is 67.5 Å². The van der Waals surface area contributed by atoms with Crippen LogP contribution in [-0.2, 0) is 11.3 Å². The summed E-state index contributed by atoms with van der Waals surface area (Å²) in [6, 6.07) is 49.5. The number of carbonyl (C=O) groups is 4. The first-order valence-electron chi connectivity index (χ1n) is 22.5.